The van der Waals surface area contributed by atoms with Gasteiger partial charge in [-0.05, 0) is 26.0 Å². The monoisotopic (exact) mass is 277 g/mol. The Morgan fingerprint density at radius 1 is 1.30 bits per heavy atom. The predicted molar refractivity (Wildman–Crippen MR) is 74.3 cm³/mol. The van der Waals surface area contributed by atoms with Gasteiger partial charge in [0.05, 0.1) is 31.4 Å². The largest absolute Gasteiger partial charge is 0.496 e. The molecule has 0 aliphatic carbocycles. The van der Waals surface area contributed by atoms with Crippen LogP contribution in [0.5, 0.6) is 5.75 Å². The molecule has 0 saturated heterocycles. The highest BCUT2D eigenvalue weighted by Crippen LogP contribution is 2.28. The van der Waals surface area contributed by atoms with E-state index < -0.39 is 6.04 Å². The highest BCUT2D eigenvalue weighted by atomic mass is 16.5. The molecule has 0 aliphatic heterocycles. The van der Waals surface area contributed by atoms with Crippen LogP contribution in [-0.2, 0) is 4.74 Å². The fourth-order valence-corrected chi connectivity index (χ4v) is 1.69. The van der Waals surface area contributed by atoms with E-state index in [1.165, 1.54) is 0 Å². The average Bonchev–Trinajstić information content (AvgIpc) is 2.94. The zero-order chi connectivity index (χ0) is 14.5. The first kappa shape index (κ1) is 14.5. The van der Waals surface area contributed by atoms with E-state index in [0.717, 1.165) is 5.56 Å². The van der Waals surface area contributed by atoms with Crippen molar-refractivity contribution in [3.63, 3.8) is 0 Å². The van der Waals surface area contributed by atoms with E-state index in [9.17, 15) is 0 Å². The normalized spacial score (nSPS) is 12.7. The molecule has 1 heterocycles. The van der Waals surface area contributed by atoms with E-state index in [0.29, 0.717) is 24.1 Å². The number of benzene rings is 1. The van der Waals surface area contributed by atoms with Crippen LogP contribution in [0.15, 0.2) is 28.8 Å². The van der Waals surface area contributed by atoms with Gasteiger partial charge in [-0.3, -0.25) is 0 Å². The lowest BCUT2D eigenvalue weighted by molar-refractivity contribution is 0.0665. The Bertz CT molecular complexity index is 554. The highest BCUT2D eigenvalue weighted by Gasteiger charge is 2.18. The lowest BCUT2D eigenvalue weighted by atomic mass is 10.2. The molecule has 6 heteroatoms. The van der Waals surface area contributed by atoms with E-state index in [1.807, 2.05) is 38.1 Å². The van der Waals surface area contributed by atoms with Crippen LogP contribution < -0.4 is 10.5 Å². The Morgan fingerprint density at radius 3 is 2.75 bits per heavy atom. The van der Waals surface area contributed by atoms with Crippen molar-refractivity contribution in [1.29, 1.82) is 0 Å². The number of hydrogen-bond acceptors (Lipinski definition) is 6. The third-order valence-electron chi connectivity index (χ3n) is 2.72. The molecule has 0 bridgehead atoms. The number of aromatic nitrogens is 2. The van der Waals surface area contributed by atoms with Gasteiger partial charge >= 0.3 is 0 Å². The summed E-state index contributed by atoms with van der Waals surface area (Å²) in [6, 6.07) is 7.03. The van der Waals surface area contributed by atoms with Crippen LogP contribution in [0.25, 0.3) is 11.5 Å². The summed E-state index contributed by atoms with van der Waals surface area (Å²) in [5, 5.41) is 3.90. The Labute approximate surface area is 117 Å². The molecule has 1 aromatic carbocycles. The van der Waals surface area contributed by atoms with Gasteiger partial charge < -0.3 is 19.7 Å². The summed E-state index contributed by atoms with van der Waals surface area (Å²) >= 11 is 0. The molecule has 0 amide bonds. The van der Waals surface area contributed by atoms with Crippen LogP contribution >= 0.6 is 0 Å². The van der Waals surface area contributed by atoms with Gasteiger partial charge in [-0.25, -0.2) is 0 Å². The number of hydrogen-bond donors (Lipinski definition) is 1. The van der Waals surface area contributed by atoms with Crippen LogP contribution in [0.2, 0.25) is 0 Å². The molecule has 0 aliphatic rings. The quantitative estimate of drug-likeness (QED) is 0.871. The zero-order valence-electron chi connectivity index (χ0n) is 11.9. The molecule has 0 spiro atoms. The summed E-state index contributed by atoms with van der Waals surface area (Å²) in [4.78, 5) is 4.30. The first-order valence-electron chi connectivity index (χ1n) is 6.46. The summed E-state index contributed by atoms with van der Waals surface area (Å²) in [6.07, 6.45) is 0.113. The fraction of sp³-hybridized carbons (Fsp3) is 0.429. The van der Waals surface area contributed by atoms with Gasteiger partial charge in [-0.15, -0.1) is 0 Å². The van der Waals surface area contributed by atoms with E-state index in [1.54, 1.807) is 7.11 Å². The topological polar surface area (TPSA) is 83.4 Å². The van der Waals surface area contributed by atoms with Gasteiger partial charge in [0.25, 0.3) is 5.89 Å². The van der Waals surface area contributed by atoms with Gasteiger partial charge in [0.15, 0.2) is 5.82 Å². The minimum absolute atomic E-state index is 0.113. The molecule has 6 nitrogen and oxygen atoms in total. The lowest BCUT2D eigenvalue weighted by Crippen LogP contribution is -2.20. The molecule has 1 unspecified atom stereocenters. The van der Waals surface area contributed by atoms with Crippen molar-refractivity contribution in [3.05, 3.63) is 30.1 Å². The Balaban J connectivity index is 2.16. The van der Waals surface area contributed by atoms with Gasteiger partial charge in [-0.2, -0.15) is 4.98 Å². The molecule has 0 radical (unpaired) electrons. The summed E-state index contributed by atoms with van der Waals surface area (Å²) in [6.45, 7) is 4.25. The second kappa shape index (κ2) is 6.49. The Kier molecular flexibility index (Phi) is 4.70. The number of ether oxygens (including phenoxy) is 2. The van der Waals surface area contributed by atoms with Crippen molar-refractivity contribution < 1.29 is 14.0 Å². The molecule has 2 aromatic rings. The smallest absolute Gasteiger partial charge is 0.261 e. The van der Waals surface area contributed by atoms with Gasteiger partial charge in [0, 0.05) is 0 Å². The Morgan fingerprint density at radius 2 is 2.05 bits per heavy atom. The fourth-order valence-electron chi connectivity index (χ4n) is 1.69. The van der Waals surface area contributed by atoms with Crippen LogP contribution in [0.4, 0.5) is 0 Å². The third kappa shape index (κ3) is 3.34. The van der Waals surface area contributed by atoms with Gasteiger partial charge in [0.2, 0.25) is 0 Å². The van der Waals surface area contributed by atoms with Gasteiger partial charge in [0.1, 0.15) is 5.75 Å². The van der Waals surface area contributed by atoms with Crippen molar-refractivity contribution in [2.75, 3.05) is 13.7 Å². The SMILES string of the molecule is COc1ccccc1-c1nc(C(N)COC(C)C)no1. The Hall–Kier alpha value is -1.92. The average molecular weight is 277 g/mol. The lowest BCUT2D eigenvalue weighted by Gasteiger charge is -2.10. The van der Waals surface area contributed by atoms with E-state index in [2.05, 4.69) is 10.1 Å². The second-order valence-electron chi connectivity index (χ2n) is 4.65. The first-order chi connectivity index (χ1) is 9.61. The molecule has 0 fully saturated rings. The molecular weight excluding hydrogens is 258 g/mol. The van der Waals surface area contributed by atoms with Crippen molar-refractivity contribution in [2.24, 2.45) is 5.73 Å². The van der Waals surface area contributed by atoms with Crippen molar-refractivity contribution in [2.45, 2.75) is 26.0 Å². The van der Waals surface area contributed by atoms with Crippen molar-refractivity contribution in [1.82, 2.24) is 10.1 Å². The molecule has 2 rings (SSSR count). The summed E-state index contributed by atoms with van der Waals surface area (Å²) < 4.78 is 16.0. The van der Waals surface area contributed by atoms with Crippen LogP contribution in [0, 0.1) is 0 Å². The first-order valence-corrected chi connectivity index (χ1v) is 6.46. The summed E-state index contributed by atoms with van der Waals surface area (Å²) in [7, 11) is 1.60. The minimum Gasteiger partial charge on any atom is -0.496 e. The maximum Gasteiger partial charge on any atom is 0.261 e. The minimum atomic E-state index is -0.412. The van der Waals surface area contributed by atoms with Crippen LogP contribution in [0.1, 0.15) is 25.7 Å². The summed E-state index contributed by atoms with van der Waals surface area (Å²) in [5.41, 5.74) is 6.71. The van der Waals surface area contributed by atoms with Crippen LogP contribution in [-0.4, -0.2) is 30.0 Å². The van der Waals surface area contributed by atoms with E-state index in [-0.39, 0.29) is 6.10 Å². The number of nitrogens with two attached hydrogens (primary N) is 1. The van der Waals surface area contributed by atoms with Crippen molar-refractivity contribution >= 4 is 0 Å². The number of methoxy groups -OCH3 is 1. The molecule has 108 valence electrons. The number of rotatable bonds is 6. The third-order valence-corrected chi connectivity index (χ3v) is 2.72. The van der Waals surface area contributed by atoms with E-state index in [4.69, 9.17) is 19.7 Å². The van der Waals surface area contributed by atoms with Gasteiger partial charge in [-0.1, -0.05) is 17.3 Å². The maximum atomic E-state index is 5.96. The molecule has 1 aromatic heterocycles. The molecule has 0 saturated carbocycles. The molecule has 1 atom stereocenters. The van der Waals surface area contributed by atoms with E-state index >= 15 is 0 Å². The number of nitrogens with zero attached hydrogens (tertiary/aromatic N) is 2. The standard InChI is InChI=1S/C14H19N3O3/c1-9(2)19-8-11(15)13-16-14(20-17-13)10-6-4-5-7-12(10)18-3/h4-7,9,11H,8,15H2,1-3H3. The summed E-state index contributed by atoms with van der Waals surface area (Å²) in [5.74, 6) is 1.48. The van der Waals surface area contributed by atoms with Crippen LogP contribution in [0.3, 0.4) is 0 Å². The predicted octanol–water partition coefficient (Wildman–Crippen LogP) is 2.17. The maximum absolute atomic E-state index is 5.96. The molecule has 2 N–H and O–H groups in total. The second-order valence-corrected chi connectivity index (χ2v) is 4.65. The zero-order valence-corrected chi connectivity index (χ0v) is 11.9. The number of para-hydroxylation sites is 1. The highest BCUT2D eigenvalue weighted by molar-refractivity contribution is 5.62. The molecule has 20 heavy (non-hydrogen) atoms. The van der Waals surface area contributed by atoms with Crippen molar-refractivity contribution in [3.8, 4) is 17.2 Å². The molecular formula is C14H19N3O3.